The fraction of sp³-hybridized carbons (Fsp3) is 0.929. The van der Waals surface area contributed by atoms with E-state index in [1.165, 1.54) is 32.5 Å². The molecule has 0 aromatic rings. The van der Waals surface area contributed by atoms with Gasteiger partial charge in [-0.1, -0.05) is 0 Å². The van der Waals surface area contributed by atoms with Crippen LogP contribution in [-0.2, 0) is 0 Å². The molecule has 18 heavy (non-hydrogen) atoms. The van der Waals surface area contributed by atoms with E-state index in [0.29, 0.717) is 6.04 Å². The van der Waals surface area contributed by atoms with Crippen molar-refractivity contribution in [3.8, 4) is 6.07 Å². The molecule has 0 spiro atoms. The fourth-order valence-electron chi connectivity index (χ4n) is 3.26. The third kappa shape index (κ3) is 3.23. The van der Waals surface area contributed by atoms with Crippen molar-refractivity contribution < 1.29 is 0 Å². The van der Waals surface area contributed by atoms with Crippen LogP contribution in [0, 0.1) is 11.3 Å². The van der Waals surface area contributed by atoms with Gasteiger partial charge in [0.05, 0.1) is 6.07 Å². The van der Waals surface area contributed by atoms with Crippen LogP contribution in [0.25, 0.3) is 0 Å². The van der Waals surface area contributed by atoms with Gasteiger partial charge in [0.15, 0.2) is 0 Å². The van der Waals surface area contributed by atoms with Gasteiger partial charge >= 0.3 is 0 Å². The molecule has 2 aliphatic rings. The zero-order valence-corrected chi connectivity index (χ0v) is 11.7. The Morgan fingerprint density at radius 2 is 2.22 bits per heavy atom. The first-order valence-electron chi connectivity index (χ1n) is 7.20. The molecule has 3 atom stereocenters. The number of nitrogens with two attached hydrogens (primary N) is 1. The van der Waals surface area contributed by atoms with Gasteiger partial charge in [0.2, 0.25) is 0 Å². The zero-order valence-electron chi connectivity index (χ0n) is 11.7. The minimum atomic E-state index is -0.654. The summed E-state index contributed by atoms with van der Waals surface area (Å²) in [4.78, 5) is 5.23. The molecular formula is C14H26N4. The van der Waals surface area contributed by atoms with Crippen molar-refractivity contribution in [2.45, 2.75) is 57.2 Å². The molecule has 3 unspecified atom stereocenters. The largest absolute Gasteiger partial charge is 0.314 e. The summed E-state index contributed by atoms with van der Waals surface area (Å²) in [6.45, 7) is 8.93. The Morgan fingerprint density at radius 1 is 1.44 bits per heavy atom. The maximum Gasteiger partial charge on any atom is 0.101 e. The highest BCUT2D eigenvalue weighted by atomic mass is 15.3. The summed E-state index contributed by atoms with van der Waals surface area (Å²) in [5.41, 5.74) is 5.21. The van der Waals surface area contributed by atoms with E-state index in [1.807, 2.05) is 6.92 Å². The summed E-state index contributed by atoms with van der Waals surface area (Å²) in [7, 11) is 0. The molecule has 0 aliphatic carbocycles. The van der Waals surface area contributed by atoms with Gasteiger partial charge in [-0.15, -0.1) is 0 Å². The lowest BCUT2D eigenvalue weighted by Gasteiger charge is -2.42. The second kappa shape index (κ2) is 5.56. The van der Waals surface area contributed by atoms with Crippen LogP contribution in [0.15, 0.2) is 0 Å². The molecular weight excluding hydrogens is 224 g/mol. The molecule has 2 aliphatic heterocycles. The van der Waals surface area contributed by atoms with Crippen molar-refractivity contribution >= 4 is 0 Å². The van der Waals surface area contributed by atoms with E-state index in [0.717, 1.165) is 25.4 Å². The van der Waals surface area contributed by atoms with Crippen LogP contribution in [0.2, 0.25) is 0 Å². The number of nitriles is 1. The zero-order chi connectivity index (χ0) is 13.2. The van der Waals surface area contributed by atoms with Crippen LogP contribution in [0.3, 0.4) is 0 Å². The van der Waals surface area contributed by atoms with Crippen molar-refractivity contribution in [3.05, 3.63) is 0 Å². The predicted molar refractivity (Wildman–Crippen MR) is 73.1 cm³/mol. The highest BCUT2D eigenvalue weighted by molar-refractivity contribution is 5.00. The molecule has 0 amide bonds. The highest BCUT2D eigenvalue weighted by Gasteiger charge is 2.34. The summed E-state index contributed by atoms with van der Waals surface area (Å²) in [5, 5.41) is 8.91. The Labute approximate surface area is 111 Å². The lowest BCUT2D eigenvalue weighted by molar-refractivity contribution is 0.0577. The average Bonchev–Trinajstić information content (AvgIpc) is 2.76. The van der Waals surface area contributed by atoms with Gasteiger partial charge < -0.3 is 5.73 Å². The molecule has 2 saturated heterocycles. The smallest absolute Gasteiger partial charge is 0.101 e. The van der Waals surface area contributed by atoms with E-state index < -0.39 is 5.54 Å². The van der Waals surface area contributed by atoms with E-state index in [9.17, 15) is 0 Å². The first-order valence-corrected chi connectivity index (χ1v) is 7.20. The maximum absolute atomic E-state index is 8.91. The van der Waals surface area contributed by atoms with Crippen LogP contribution in [0.4, 0.5) is 0 Å². The summed E-state index contributed by atoms with van der Waals surface area (Å²) in [6.07, 6.45) is 4.54. The van der Waals surface area contributed by atoms with E-state index >= 15 is 0 Å². The second-order valence-electron chi connectivity index (χ2n) is 6.27. The SMILES string of the molecule is CC1CN2CCCC2CN1CCCC(C)(N)C#N. The van der Waals surface area contributed by atoms with Gasteiger partial charge in [0.1, 0.15) is 5.54 Å². The Hall–Kier alpha value is -0.630. The van der Waals surface area contributed by atoms with Gasteiger partial charge in [-0.25, -0.2) is 0 Å². The van der Waals surface area contributed by atoms with E-state index in [2.05, 4.69) is 22.8 Å². The molecule has 0 radical (unpaired) electrons. The lowest BCUT2D eigenvalue weighted by atomic mass is 9.98. The van der Waals surface area contributed by atoms with Crippen molar-refractivity contribution in [1.29, 1.82) is 5.26 Å². The van der Waals surface area contributed by atoms with Crippen LogP contribution in [0.1, 0.15) is 39.5 Å². The van der Waals surface area contributed by atoms with Crippen LogP contribution >= 0.6 is 0 Å². The third-order valence-electron chi connectivity index (χ3n) is 4.46. The summed E-state index contributed by atoms with van der Waals surface area (Å²) < 4.78 is 0. The number of hydrogen-bond donors (Lipinski definition) is 1. The minimum absolute atomic E-state index is 0.644. The molecule has 4 heteroatoms. The van der Waals surface area contributed by atoms with Crippen molar-refractivity contribution in [1.82, 2.24) is 9.80 Å². The number of nitrogens with zero attached hydrogens (tertiary/aromatic N) is 3. The van der Waals surface area contributed by atoms with E-state index in [1.54, 1.807) is 0 Å². The Bertz CT molecular complexity index is 320. The first kappa shape index (κ1) is 13.8. The summed E-state index contributed by atoms with van der Waals surface area (Å²) in [6, 6.07) is 3.60. The molecule has 0 bridgehead atoms. The van der Waals surface area contributed by atoms with Crippen LogP contribution in [-0.4, -0.2) is 53.6 Å². The topological polar surface area (TPSA) is 56.3 Å². The van der Waals surface area contributed by atoms with E-state index in [4.69, 9.17) is 11.0 Å². The standard InChI is InChI=1S/C14H26N4/c1-12-9-18-7-3-5-13(18)10-17(12)8-4-6-14(2,16)11-15/h12-13H,3-10,16H2,1-2H3. The fourth-order valence-corrected chi connectivity index (χ4v) is 3.26. The van der Waals surface area contributed by atoms with Gasteiger partial charge in [-0.3, -0.25) is 9.80 Å². The number of hydrogen-bond acceptors (Lipinski definition) is 4. The second-order valence-corrected chi connectivity index (χ2v) is 6.27. The number of piperazine rings is 1. The summed E-state index contributed by atoms with van der Waals surface area (Å²) in [5.74, 6) is 0. The number of fused-ring (bicyclic) bond motifs is 1. The Balaban J connectivity index is 1.77. The summed E-state index contributed by atoms with van der Waals surface area (Å²) >= 11 is 0. The predicted octanol–water partition coefficient (Wildman–Crippen LogP) is 1.18. The van der Waals surface area contributed by atoms with E-state index in [-0.39, 0.29) is 0 Å². The Morgan fingerprint density at radius 3 is 2.94 bits per heavy atom. The van der Waals surface area contributed by atoms with Crippen molar-refractivity contribution in [2.24, 2.45) is 5.73 Å². The molecule has 2 N–H and O–H groups in total. The maximum atomic E-state index is 8.91. The normalized spacial score (nSPS) is 32.8. The molecule has 0 saturated carbocycles. The number of rotatable bonds is 4. The Kier molecular flexibility index (Phi) is 4.26. The van der Waals surface area contributed by atoms with Crippen LogP contribution < -0.4 is 5.73 Å². The van der Waals surface area contributed by atoms with Gasteiger partial charge in [0, 0.05) is 25.2 Å². The van der Waals surface area contributed by atoms with Crippen LogP contribution in [0.5, 0.6) is 0 Å². The monoisotopic (exact) mass is 250 g/mol. The molecule has 4 nitrogen and oxygen atoms in total. The van der Waals surface area contributed by atoms with Crippen molar-refractivity contribution in [2.75, 3.05) is 26.2 Å². The molecule has 2 fully saturated rings. The first-order chi connectivity index (χ1) is 8.52. The molecule has 102 valence electrons. The minimum Gasteiger partial charge on any atom is -0.314 e. The highest BCUT2D eigenvalue weighted by Crippen LogP contribution is 2.24. The average molecular weight is 250 g/mol. The van der Waals surface area contributed by atoms with Gasteiger partial charge in [-0.2, -0.15) is 5.26 Å². The quantitative estimate of drug-likeness (QED) is 0.814. The third-order valence-corrected chi connectivity index (χ3v) is 4.46. The molecule has 2 heterocycles. The van der Waals surface area contributed by atoms with Gasteiger partial charge in [-0.05, 0) is 52.6 Å². The molecule has 2 rings (SSSR count). The van der Waals surface area contributed by atoms with Crippen molar-refractivity contribution in [3.63, 3.8) is 0 Å². The lowest BCUT2D eigenvalue weighted by Crippen LogP contribution is -2.55. The molecule has 0 aromatic heterocycles. The molecule has 0 aromatic carbocycles. The van der Waals surface area contributed by atoms with Gasteiger partial charge in [0.25, 0.3) is 0 Å².